The molecule has 0 saturated carbocycles. The summed E-state index contributed by atoms with van der Waals surface area (Å²) in [7, 11) is 0. The highest BCUT2D eigenvalue weighted by molar-refractivity contribution is 7.80. The number of thiocarbonyl (C=S) groups is 1. The van der Waals surface area contributed by atoms with Gasteiger partial charge in [0.2, 0.25) is 0 Å². The molecule has 0 aliphatic carbocycles. The van der Waals surface area contributed by atoms with Crippen molar-refractivity contribution in [2.75, 3.05) is 11.9 Å². The van der Waals surface area contributed by atoms with Gasteiger partial charge in [-0.15, -0.1) is 0 Å². The highest BCUT2D eigenvalue weighted by Gasteiger charge is 2.14. The third kappa shape index (κ3) is 4.95. The Hall–Kier alpha value is -2.65. The predicted octanol–water partition coefficient (Wildman–Crippen LogP) is 5.73. The van der Waals surface area contributed by atoms with Crippen molar-refractivity contribution in [3.05, 3.63) is 101 Å². The Labute approximate surface area is 167 Å². The van der Waals surface area contributed by atoms with Crippen molar-refractivity contribution < 1.29 is 0 Å². The van der Waals surface area contributed by atoms with Gasteiger partial charge in [0.1, 0.15) is 0 Å². The number of benzene rings is 3. The highest BCUT2D eigenvalue weighted by Crippen LogP contribution is 2.24. The minimum Gasteiger partial charge on any atom is -0.361 e. The van der Waals surface area contributed by atoms with Gasteiger partial charge in [0.15, 0.2) is 5.11 Å². The van der Waals surface area contributed by atoms with Gasteiger partial charge in [-0.1, -0.05) is 66.7 Å². The Kier molecular flexibility index (Phi) is 6.25. The zero-order valence-corrected chi connectivity index (χ0v) is 16.9. The minimum absolute atomic E-state index is 0.244. The molecule has 2 nitrogen and oxygen atoms in total. The maximum Gasteiger partial charge on any atom is 0.170 e. The number of aryl methyl sites for hydroxylation is 3. The fourth-order valence-corrected chi connectivity index (χ4v) is 3.45. The van der Waals surface area contributed by atoms with Crippen LogP contribution < -0.4 is 10.6 Å². The smallest absolute Gasteiger partial charge is 0.170 e. The molecule has 0 atom stereocenters. The molecule has 0 amide bonds. The lowest BCUT2D eigenvalue weighted by molar-refractivity contribution is 0.761. The van der Waals surface area contributed by atoms with Crippen LogP contribution in [0.1, 0.15) is 33.7 Å². The van der Waals surface area contributed by atoms with Crippen molar-refractivity contribution in [1.82, 2.24) is 5.32 Å². The fourth-order valence-electron chi connectivity index (χ4n) is 3.26. The van der Waals surface area contributed by atoms with E-state index in [1.165, 1.54) is 27.8 Å². The first-order valence-corrected chi connectivity index (χ1v) is 9.68. The zero-order chi connectivity index (χ0) is 19.2. The van der Waals surface area contributed by atoms with Gasteiger partial charge in [-0.3, -0.25) is 0 Å². The van der Waals surface area contributed by atoms with Crippen LogP contribution in [0.2, 0.25) is 0 Å². The first kappa shape index (κ1) is 19.1. The third-order valence-corrected chi connectivity index (χ3v) is 5.21. The van der Waals surface area contributed by atoms with Crippen LogP contribution in [0.3, 0.4) is 0 Å². The molecule has 0 heterocycles. The monoisotopic (exact) mass is 374 g/mol. The lowest BCUT2D eigenvalue weighted by atomic mass is 9.91. The van der Waals surface area contributed by atoms with Gasteiger partial charge in [0.25, 0.3) is 0 Å². The maximum atomic E-state index is 5.57. The van der Waals surface area contributed by atoms with Crippen LogP contribution in [-0.4, -0.2) is 11.7 Å². The summed E-state index contributed by atoms with van der Waals surface area (Å²) in [6, 6.07) is 25.5. The molecule has 0 spiro atoms. The van der Waals surface area contributed by atoms with E-state index in [0.717, 1.165) is 12.2 Å². The van der Waals surface area contributed by atoms with Gasteiger partial charge in [0, 0.05) is 18.2 Å². The molecule has 0 saturated heterocycles. The van der Waals surface area contributed by atoms with Crippen LogP contribution in [0, 0.1) is 20.8 Å². The fraction of sp³-hybridized carbons (Fsp3) is 0.208. The highest BCUT2D eigenvalue weighted by atomic mass is 32.1. The van der Waals surface area contributed by atoms with E-state index in [4.69, 9.17) is 12.2 Å². The minimum atomic E-state index is 0.244. The molecule has 2 N–H and O–H groups in total. The summed E-state index contributed by atoms with van der Waals surface area (Å²) < 4.78 is 0. The van der Waals surface area contributed by atoms with Crippen molar-refractivity contribution in [3.63, 3.8) is 0 Å². The molecule has 138 valence electrons. The number of nitrogens with one attached hydrogen (secondary N) is 2. The lowest BCUT2D eigenvalue weighted by Gasteiger charge is -2.21. The van der Waals surface area contributed by atoms with Crippen molar-refractivity contribution in [2.45, 2.75) is 26.7 Å². The summed E-state index contributed by atoms with van der Waals surface area (Å²) in [6.45, 7) is 7.10. The number of rotatable bonds is 5. The molecular formula is C24H26N2S. The average Bonchev–Trinajstić information content (AvgIpc) is 2.68. The summed E-state index contributed by atoms with van der Waals surface area (Å²) in [5.74, 6) is 0.244. The average molecular weight is 375 g/mol. The summed E-state index contributed by atoms with van der Waals surface area (Å²) >= 11 is 5.57. The SMILES string of the molecule is Cc1cc(C)c(NC(=S)NCC(c2ccccc2)c2ccccc2)cc1C. The van der Waals surface area contributed by atoms with E-state index in [1.807, 2.05) is 12.1 Å². The second-order valence-electron chi connectivity index (χ2n) is 6.96. The Balaban J connectivity index is 1.72. The molecule has 3 aromatic carbocycles. The molecular weight excluding hydrogens is 348 g/mol. The van der Waals surface area contributed by atoms with E-state index in [1.54, 1.807) is 0 Å². The van der Waals surface area contributed by atoms with Gasteiger partial charge in [-0.05, 0) is 66.9 Å². The lowest BCUT2D eigenvalue weighted by Crippen LogP contribution is -2.32. The first-order chi connectivity index (χ1) is 13.0. The van der Waals surface area contributed by atoms with E-state index >= 15 is 0 Å². The number of hydrogen-bond donors (Lipinski definition) is 2. The molecule has 0 fully saturated rings. The first-order valence-electron chi connectivity index (χ1n) is 9.27. The second-order valence-corrected chi connectivity index (χ2v) is 7.37. The van der Waals surface area contributed by atoms with E-state index in [9.17, 15) is 0 Å². The van der Waals surface area contributed by atoms with Crippen molar-refractivity contribution in [1.29, 1.82) is 0 Å². The molecule has 0 unspecified atom stereocenters. The van der Waals surface area contributed by atoms with Gasteiger partial charge in [-0.25, -0.2) is 0 Å². The van der Waals surface area contributed by atoms with Crippen LogP contribution in [0.15, 0.2) is 72.8 Å². The number of hydrogen-bond acceptors (Lipinski definition) is 1. The van der Waals surface area contributed by atoms with Gasteiger partial charge in [-0.2, -0.15) is 0 Å². The molecule has 0 bridgehead atoms. The van der Waals surface area contributed by atoms with Gasteiger partial charge >= 0.3 is 0 Å². The van der Waals surface area contributed by atoms with Gasteiger partial charge < -0.3 is 10.6 Å². The van der Waals surface area contributed by atoms with Crippen molar-refractivity contribution >= 4 is 23.0 Å². The summed E-state index contributed by atoms with van der Waals surface area (Å²) in [4.78, 5) is 0. The Morgan fingerprint density at radius 1 is 0.778 bits per heavy atom. The van der Waals surface area contributed by atoms with Crippen LogP contribution >= 0.6 is 12.2 Å². The number of anilines is 1. The summed E-state index contributed by atoms with van der Waals surface area (Å²) in [5.41, 5.74) is 7.38. The molecule has 0 aliphatic rings. The molecule has 3 heteroatoms. The molecule has 27 heavy (non-hydrogen) atoms. The van der Waals surface area contributed by atoms with Crippen LogP contribution in [-0.2, 0) is 0 Å². The largest absolute Gasteiger partial charge is 0.361 e. The van der Waals surface area contributed by atoms with Crippen molar-refractivity contribution in [3.8, 4) is 0 Å². The quantitative estimate of drug-likeness (QED) is 0.558. The standard InChI is InChI=1S/C24H26N2S/c1-17-14-19(3)23(15-18(17)2)26-24(27)25-16-22(20-10-6-4-7-11-20)21-12-8-5-9-13-21/h4-15,22H,16H2,1-3H3,(H2,25,26,27). The Bertz CT molecular complexity index is 865. The van der Waals surface area contributed by atoms with Gasteiger partial charge in [0.05, 0.1) is 0 Å². The maximum absolute atomic E-state index is 5.57. The van der Waals surface area contributed by atoms with Crippen LogP contribution in [0.5, 0.6) is 0 Å². The topological polar surface area (TPSA) is 24.1 Å². The van der Waals surface area contributed by atoms with Crippen LogP contribution in [0.25, 0.3) is 0 Å². The van der Waals surface area contributed by atoms with Crippen LogP contribution in [0.4, 0.5) is 5.69 Å². The summed E-state index contributed by atoms with van der Waals surface area (Å²) in [6.07, 6.45) is 0. The Morgan fingerprint density at radius 2 is 1.30 bits per heavy atom. The molecule has 0 radical (unpaired) electrons. The molecule has 0 aromatic heterocycles. The Morgan fingerprint density at radius 3 is 1.85 bits per heavy atom. The summed E-state index contributed by atoms with van der Waals surface area (Å²) in [5, 5.41) is 7.42. The van der Waals surface area contributed by atoms with E-state index < -0.39 is 0 Å². The molecule has 0 aliphatic heterocycles. The predicted molar refractivity (Wildman–Crippen MR) is 120 cm³/mol. The van der Waals surface area contributed by atoms with Crippen molar-refractivity contribution in [2.24, 2.45) is 0 Å². The molecule has 3 aromatic rings. The zero-order valence-electron chi connectivity index (χ0n) is 16.1. The second kappa shape index (κ2) is 8.83. The van der Waals surface area contributed by atoms with E-state index in [0.29, 0.717) is 5.11 Å². The van der Waals surface area contributed by atoms with E-state index in [2.05, 4.69) is 92.1 Å². The van der Waals surface area contributed by atoms with E-state index in [-0.39, 0.29) is 5.92 Å². The third-order valence-electron chi connectivity index (χ3n) is 4.96. The normalized spacial score (nSPS) is 10.7. The molecule has 3 rings (SSSR count).